The van der Waals surface area contributed by atoms with Gasteiger partial charge in [0.15, 0.2) is 0 Å². The maximum atomic E-state index is 5.06. The first-order chi connectivity index (χ1) is 8.90. The van der Waals surface area contributed by atoms with Crippen molar-refractivity contribution >= 4 is 0 Å². The zero-order chi connectivity index (χ0) is 12.6. The Labute approximate surface area is 108 Å². The van der Waals surface area contributed by atoms with E-state index in [4.69, 9.17) is 4.74 Å². The van der Waals surface area contributed by atoms with Crippen LogP contribution in [0.4, 0.5) is 0 Å². The predicted octanol–water partition coefficient (Wildman–Crippen LogP) is 0.156. The van der Waals surface area contributed by atoms with Crippen LogP contribution in [0.15, 0.2) is 6.33 Å². The molecular weight excluding hydrogens is 230 g/mol. The summed E-state index contributed by atoms with van der Waals surface area (Å²) in [6.07, 6.45) is 5.18. The molecule has 0 saturated carbocycles. The highest BCUT2D eigenvalue weighted by Crippen LogP contribution is 2.04. The van der Waals surface area contributed by atoms with Crippen LogP contribution in [0.25, 0.3) is 0 Å². The third-order valence-electron chi connectivity index (χ3n) is 3.33. The number of hydrogen-bond acceptors (Lipinski definition) is 5. The molecular formula is C12H23N5O. The van der Waals surface area contributed by atoms with Crippen molar-refractivity contribution in [1.82, 2.24) is 25.4 Å². The average Bonchev–Trinajstić information content (AvgIpc) is 2.86. The highest BCUT2D eigenvalue weighted by atomic mass is 16.5. The lowest BCUT2D eigenvalue weighted by molar-refractivity contribution is 0.190. The topological polar surface area (TPSA) is 64.0 Å². The van der Waals surface area contributed by atoms with E-state index in [-0.39, 0.29) is 0 Å². The lowest BCUT2D eigenvalue weighted by atomic mass is 10.1. The van der Waals surface area contributed by atoms with Gasteiger partial charge in [0.25, 0.3) is 0 Å². The zero-order valence-corrected chi connectivity index (χ0v) is 11.1. The molecule has 0 bridgehead atoms. The Morgan fingerprint density at radius 2 is 2.33 bits per heavy atom. The fourth-order valence-electron chi connectivity index (χ4n) is 2.24. The number of hydrogen-bond donors (Lipinski definition) is 2. The van der Waals surface area contributed by atoms with Gasteiger partial charge in [0.05, 0.1) is 6.54 Å². The van der Waals surface area contributed by atoms with Gasteiger partial charge in [0.1, 0.15) is 12.2 Å². The minimum absolute atomic E-state index is 0.607. The Balaban J connectivity index is 1.75. The highest BCUT2D eigenvalue weighted by Gasteiger charge is 2.13. The summed E-state index contributed by atoms with van der Waals surface area (Å²) in [5.41, 5.74) is 0. The third kappa shape index (κ3) is 4.04. The Morgan fingerprint density at radius 1 is 1.50 bits per heavy atom. The van der Waals surface area contributed by atoms with Crippen molar-refractivity contribution in [2.24, 2.45) is 0 Å². The summed E-state index contributed by atoms with van der Waals surface area (Å²) in [6, 6.07) is 0.607. The molecule has 0 atom stereocenters. The van der Waals surface area contributed by atoms with Crippen molar-refractivity contribution in [3.63, 3.8) is 0 Å². The van der Waals surface area contributed by atoms with Gasteiger partial charge in [-0.3, -0.25) is 0 Å². The van der Waals surface area contributed by atoms with E-state index in [2.05, 4.69) is 25.4 Å². The minimum atomic E-state index is 0.607. The first kappa shape index (κ1) is 13.5. The summed E-state index contributed by atoms with van der Waals surface area (Å²) < 4.78 is 7.16. The van der Waals surface area contributed by atoms with E-state index in [1.807, 2.05) is 0 Å². The standard InChI is InChI=1S/C12H23N5O/c1-18-8-2-7-17-10-15-16-12(17)9-14-11-3-5-13-6-4-11/h10-11,13-14H,2-9H2,1H3. The number of ether oxygens (including phenoxy) is 1. The maximum Gasteiger partial charge on any atom is 0.146 e. The van der Waals surface area contributed by atoms with Crippen molar-refractivity contribution in [3.8, 4) is 0 Å². The van der Waals surface area contributed by atoms with Gasteiger partial charge >= 0.3 is 0 Å². The summed E-state index contributed by atoms with van der Waals surface area (Å²) >= 11 is 0. The monoisotopic (exact) mass is 253 g/mol. The van der Waals surface area contributed by atoms with Crippen LogP contribution in [0.3, 0.4) is 0 Å². The molecule has 1 fully saturated rings. The summed E-state index contributed by atoms with van der Waals surface area (Å²) in [4.78, 5) is 0. The zero-order valence-electron chi connectivity index (χ0n) is 11.1. The number of piperidine rings is 1. The number of aryl methyl sites for hydroxylation is 1. The van der Waals surface area contributed by atoms with E-state index in [9.17, 15) is 0 Å². The average molecular weight is 253 g/mol. The summed E-state index contributed by atoms with van der Waals surface area (Å²) in [6.45, 7) is 4.72. The van der Waals surface area contributed by atoms with Crippen molar-refractivity contribution < 1.29 is 4.74 Å². The lowest BCUT2D eigenvalue weighted by Gasteiger charge is -2.23. The number of aromatic nitrogens is 3. The molecule has 102 valence electrons. The SMILES string of the molecule is COCCCn1cnnc1CNC1CCNCC1. The van der Waals surface area contributed by atoms with Gasteiger partial charge in [-0.15, -0.1) is 10.2 Å². The first-order valence-corrected chi connectivity index (χ1v) is 6.70. The van der Waals surface area contributed by atoms with Gasteiger partial charge < -0.3 is 19.9 Å². The second-order valence-corrected chi connectivity index (χ2v) is 4.69. The summed E-state index contributed by atoms with van der Waals surface area (Å²) in [5.74, 6) is 1.02. The number of methoxy groups -OCH3 is 1. The smallest absolute Gasteiger partial charge is 0.146 e. The molecule has 0 spiro atoms. The van der Waals surface area contributed by atoms with Crippen LogP contribution in [0.1, 0.15) is 25.1 Å². The minimum Gasteiger partial charge on any atom is -0.385 e. The lowest BCUT2D eigenvalue weighted by Crippen LogP contribution is -2.39. The van der Waals surface area contributed by atoms with Crippen LogP contribution in [0, 0.1) is 0 Å². The van der Waals surface area contributed by atoms with Crippen molar-refractivity contribution in [3.05, 3.63) is 12.2 Å². The molecule has 1 aliphatic heterocycles. The first-order valence-electron chi connectivity index (χ1n) is 6.70. The quantitative estimate of drug-likeness (QED) is 0.678. The summed E-state index contributed by atoms with van der Waals surface area (Å²) in [7, 11) is 1.73. The number of nitrogens with zero attached hydrogens (tertiary/aromatic N) is 3. The van der Waals surface area contributed by atoms with E-state index < -0.39 is 0 Å². The molecule has 0 aliphatic carbocycles. The van der Waals surface area contributed by atoms with Crippen molar-refractivity contribution in [2.45, 2.75) is 38.4 Å². The van der Waals surface area contributed by atoms with Gasteiger partial charge in [-0.05, 0) is 32.4 Å². The van der Waals surface area contributed by atoms with Crippen LogP contribution < -0.4 is 10.6 Å². The predicted molar refractivity (Wildman–Crippen MR) is 69.2 cm³/mol. The molecule has 0 radical (unpaired) electrons. The Kier molecular flexibility index (Phi) is 5.57. The molecule has 1 aromatic rings. The Hall–Kier alpha value is -0.980. The fraction of sp³-hybridized carbons (Fsp3) is 0.833. The molecule has 2 rings (SSSR count). The van der Waals surface area contributed by atoms with Crippen LogP contribution in [0.2, 0.25) is 0 Å². The molecule has 0 unspecified atom stereocenters. The van der Waals surface area contributed by atoms with Gasteiger partial charge in [-0.25, -0.2) is 0 Å². The largest absolute Gasteiger partial charge is 0.385 e. The molecule has 2 N–H and O–H groups in total. The number of rotatable bonds is 7. The van der Waals surface area contributed by atoms with Crippen molar-refractivity contribution in [1.29, 1.82) is 0 Å². The second kappa shape index (κ2) is 7.45. The molecule has 6 heteroatoms. The normalized spacial score (nSPS) is 17.2. The molecule has 2 heterocycles. The van der Waals surface area contributed by atoms with Crippen LogP contribution in [-0.4, -0.2) is 47.6 Å². The van der Waals surface area contributed by atoms with Gasteiger partial charge in [0.2, 0.25) is 0 Å². The highest BCUT2D eigenvalue weighted by molar-refractivity contribution is 4.87. The van der Waals surface area contributed by atoms with E-state index in [1.165, 1.54) is 12.8 Å². The van der Waals surface area contributed by atoms with E-state index in [0.29, 0.717) is 6.04 Å². The van der Waals surface area contributed by atoms with Crippen LogP contribution >= 0.6 is 0 Å². The summed E-state index contributed by atoms with van der Waals surface area (Å²) in [5, 5.41) is 15.1. The molecule has 0 amide bonds. The van der Waals surface area contributed by atoms with Crippen LogP contribution in [-0.2, 0) is 17.8 Å². The van der Waals surface area contributed by atoms with Crippen LogP contribution in [0.5, 0.6) is 0 Å². The van der Waals surface area contributed by atoms with E-state index in [1.54, 1.807) is 13.4 Å². The molecule has 0 aromatic carbocycles. The van der Waals surface area contributed by atoms with Gasteiger partial charge in [-0.2, -0.15) is 0 Å². The molecule has 1 aliphatic rings. The Morgan fingerprint density at radius 3 is 3.11 bits per heavy atom. The Bertz CT molecular complexity index is 335. The molecule has 18 heavy (non-hydrogen) atoms. The van der Waals surface area contributed by atoms with Crippen molar-refractivity contribution in [2.75, 3.05) is 26.8 Å². The van der Waals surface area contributed by atoms with Gasteiger partial charge in [-0.1, -0.05) is 0 Å². The third-order valence-corrected chi connectivity index (χ3v) is 3.33. The van der Waals surface area contributed by atoms with E-state index >= 15 is 0 Å². The fourth-order valence-corrected chi connectivity index (χ4v) is 2.24. The maximum absolute atomic E-state index is 5.06. The second-order valence-electron chi connectivity index (χ2n) is 4.69. The molecule has 1 aromatic heterocycles. The number of nitrogens with one attached hydrogen (secondary N) is 2. The molecule has 1 saturated heterocycles. The van der Waals surface area contributed by atoms with E-state index in [0.717, 1.165) is 45.0 Å². The van der Waals surface area contributed by atoms with Gasteiger partial charge in [0, 0.05) is 26.3 Å². The molecule has 6 nitrogen and oxygen atoms in total.